The van der Waals surface area contributed by atoms with Gasteiger partial charge in [0.1, 0.15) is 0 Å². The Morgan fingerprint density at radius 1 is 1.37 bits per heavy atom. The second-order valence-electron chi connectivity index (χ2n) is 5.25. The minimum atomic E-state index is -0.426. The fourth-order valence-corrected chi connectivity index (χ4v) is 2.15. The lowest BCUT2D eigenvalue weighted by molar-refractivity contribution is -0.118. The maximum absolute atomic E-state index is 11.1. The lowest BCUT2D eigenvalue weighted by atomic mass is 9.99. The van der Waals surface area contributed by atoms with E-state index in [-0.39, 0.29) is 12.3 Å². The number of carbonyl (C=O) groups is 1. The van der Waals surface area contributed by atoms with Gasteiger partial charge in [-0.3, -0.25) is 9.78 Å². The summed E-state index contributed by atoms with van der Waals surface area (Å²) in [4.78, 5) is 15.3. The van der Waals surface area contributed by atoms with E-state index in [2.05, 4.69) is 10.3 Å². The summed E-state index contributed by atoms with van der Waals surface area (Å²) < 4.78 is 0. The number of amides is 1. The van der Waals surface area contributed by atoms with Crippen LogP contribution >= 0.6 is 0 Å². The van der Waals surface area contributed by atoms with Crippen molar-refractivity contribution in [2.75, 3.05) is 11.1 Å². The van der Waals surface area contributed by atoms with Gasteiger partial charge in [0.15, 0.2) is 0 Å². The van der Waals surface area contributed by atoms with E-state index in [1.54, 1.807) is 6.20 Å². The molecule has 5 N–H and O–H groups in total. The number of nitrogens with two attached hydrogens (primary N) is 2. The fraction of sp³-hybridized carbons (Fsp3) is 0.286. The zero-order valence-corrected chi connectivity index (χ0v) is 11.1. The molecule has 100 valence electrons. The van der Waals surface area contributed by atoms with Crippen molar-refractivity contribution in [1.29, 1.82) is 0 Å². The Balaban J connectivity index is 2.41. The second kappa shape index (κ2) is 4.76. The van der Waals surface area contributed by atoms with Crippen molar-refractivity contribution in [3.63, 3.8) is 0 Å². The molecular formula is C14H18N4O. The molecule has 0 spiro atoms. The Hall–Kier alpha value is -2.30. The van der Waals surface area contributed by atoms with E-state index in [0.717, 1.165) is 16.6 Å². The van der Waals surface area contributed by atoms with Crippen LogP contribution in [0.3, 0.4) is 0 Å². The van der Waals surface area contributed by atoms with Gasteiger partial charge in [-0.05, 0) is 26.0 Å². The zero-order valence-electron chi connectivity index (χ0n) is 11.1. The molecule has 19 heavy (non-hydrogen) atoms. The molecule has 0 saturated heterocycles. The molecule has 5 heteroatoms. The van der Waals surface area contributed by atoms with Crippen LogP contribution in [0.25, 0.3) is 10.9 Å². The van der Waals surface area contributed by atoms with E-state index in [1.807, 2.05) is 38.1 Å². The Bertz CT molecular complexity index is 622. The van der Waals surface area contributed by atoms with Crippen LogP contribution < -0.4 is 16.8 Å². The minimum Gasteiger partial charge on any atom is -0.397 e. The van der Waals surface area contributed by atoms with Gasteiger partial charge in [0.2, 0.25) is 5.91 Å². The van der Waals surface area contributed by atoms with Gasteiger partial charge in [0.25, 0.3) is 0 Å². The number of para-hydroxylation sites is 1. The van der Waals surface area contributed by atoms with Gasteiger partial charge in [-0.15, -0.1) is 0 Å². The highest BCUT2D eigenvalue weighted by Crippen LogP contribution is 2.28. The van der Waals surface area contributed by atoms with E-state index in [0.29, 0.717) is 5.69 Å². The van der Waals surface area contributed by atoms with Gasteiger partial charge in [0, 0.05) is 29.2 Å². The number of nitrogen functional groups attached to an aromatic ring is 1. The molecule has 5 nitrogen and oxygen atoms in total. The van der Waals surface area contributed by atoms with Gasteiger partial charge < -0.3 is 16.8 Å². The van der Waals surface area contributed by atoms with Crippen molar-refractivity contribution in [2.45, 2.75) is 25.8 Å². The molecule has 0 unspecified atom stereocenters. The molecular weight excluding hydrogens is 240 g/mol. The highest BCUT2D eigenvalue weighted by Gasteiger charge is 2.21. The number of hydrogen-bond donors (Lipinski definition) is 3. The lowest BCUT2D eigenvalue weighted by Crippen LogP contribution is -2.36. The van der Waals surface area contributed by atoms with E-state index in [1.165, 1.54) is 0 Å². The summed E-state index contributed by atoms with van der Waals surface area (Å²) in [5, 5.41) is 4.25. The van der Waals surface area contributed by atoms with Gasteiger partial charge in [-0.25, -0.2) is 0 Å². The standard InChI is InChI=1S/C14H18N4O/c1-14(2,8-12(16)19)18-11-6-7-17-13-9(11)4-3-5-10(13)15/h3-7H,8,15H2,1-2H3,(H2,16,19)(H,17,18). The summed E-state index contributed by atoms with van der Waals surface area (Å²) in [6, 6.07) is 7.51. The molecule has 0 saturated carbocycles. The van der Waals surface area contributed by atoms with Crippen LogP contribution in [0, 0.1) is 0 Å². The number of rotatable bonds is 4. The quantitative estimate of drug-likeness (QED) is 0.730. The Labute approximate surface area is 112 Å². The molecule has 0 aliphatic carbocycles. The first-order valence-electron chi connectivity index (χ1n) is 6.09. The highest BCUT2D eigenvalue weighted by molar-refractivity contribution is 5.97. The number of fused-ring (bicyclic) bond motifs is 1. The highest BCUT2D eigenvalue weighted by atomic mass is 16.1. The Morgan fingerprint density at radius 3 is 2.79 bits per heavy atom. The Kier molecular flexibility index (Phi) is 3.29. The molecule has 0 aliphatic rings. The normalized spacial score (nSPS) is 11.5. The van der Waals surface area contributed by atoms with E-state index in [4.69, 9.17) is 11.5 Å². The number of primary amides is 1. The SMILES string of the molecule is CC(C)(CC(N)=O)Nc1ccnc2c(N)cccc12. The number of nitrogens with one attached hydrogen (secondary N) is 1. The number of aromatic nitrogens is 1. The summed E-state index contributed by atoms with van der Waals surface area (Å²) in [6.07, 6.45) is 1.94. The first-order chi connectivity index (χ1) is 8.89. The molecule has 0 aliphatic heterocycles. The summed E-state index contributed by atoms with van der Waals surface area (Å²) in [6.45, 7) is 3.85. The zero-order chi connectivity index (χ0) is 14.0. The van der Waals surface area contributed by atoms with E-state index >= 15 is 0 Å². The van der Waals surface area contributed by atoms with Crippen LogP contribution in [0.5, 0.6) is 0 Å². The average Bonchev–Trinajstić information content (AvgIpc) is 2.28. The lowest BCUT2D eigenvalue weighted by Gasteiger charge is -2.27. The van der Waals surface area contributed by atoms with Crippen LogP contribution in [-0.2, 0) is 4.79 Å². The predicted molar refractivity (Wildman–Crippen MR) is 77.7 cm³/mol. The van der Waals surface area contributed by atoms with Crippen molar-refractivity contribution in [1.82, 2.24) is 4.98 Å². The molecule has 2 rings (SSSR count). The maximum atomic E-state index is 11.1. The number of carbonyl (C=O) groups excluding carboxylic acids is 1. The molecule has 2 aromatic rings. The molecule has 0 fully saturated rings. The van der Waals surface area contributed by atoms with E-state index in [9.17, 15) is 4.79 Å². The summed E-state index contributed by atoms with van der Waals surface area (Å²) in [7, 11) is 0. The van der Waals surface area contributed by atoms with Crippen molar-refractivity contribution < 1.29 is 4.79 Å². The van der Waals surface area contributed by atoms with Crippen LogP contribution in [0.4, 0.5) is 11.4 Å². The second-order valence-corrected chi connectivity index (χ2v) is 5.25. The molecule has 1 aromatic carbocycles. The average molecular weight is 258 g/mol. The third-order valence-electron chi connectivity index (χ3n) is 2.89. The third kappa shape index (κ3) is 2.93. The molecule has 1 heterocycles. The number of benzene rings is 1. The first kappa shape index (κ1) is 13.1. The third-order valence-corrected chi connectivity index (χ3v) is 2.89. The van der Waals surface area contributed by atoms with Gasteiger partial charge in [-0.1, -0.05) is 12.1 Å². The number of hydrogen-bond acceptors (Lipinski definition) is 4. The van der Waals surface area contributed by atoms with Crippen LogP contribution in [0.2, 0.25) is 0 Å². The van der Waals surface area contributed by atoms with Crippen molar-refractivity contribution in [3.05, 3.63) is 30.5 Å². The Morgan fingerprint density at radius 2 is 2.11 bits per heavy atom. The molecule has 0 bridgehead atoms. The van der Waals surface area contributed by atoms with Crippen LogP contribution in [0.15, 0.2) is 30.5 Å². The monoisotopic (exact) mass is 258 g/mol. The molecule has 1 amide bonds. The van der Waals surface area contributed by atoms with Crippen molar-refractivity contribution in [2.24, 2.45) is 5.73 Å². The van der Waals surface area contributed by atoms with Gasteiger partial charge >= 0.3 is 0 Å². The molecule has 0 radical (unpaired) electrons. The van der Waals surface area contributed by atoms with E-state index < -0.39 is 5.54 Å². The van der Waals surface area contributed by atoms with Gasteiger partial charge in [-0.2, -0.15) is 0 Å². The minimum absolute atomic E-state index is 0.249. The van der Waals surface area contributed by atoms with Crippen molar-refractivity contribution >= 4 is 28.2 Å². The summed E-state index contributed by atoms with van der Waals surface area (Å²) >= 11 is 0. The largest absolute Gasteiger partial charge is 0.397 e. The topological polar surface area (TPSA) is 94.0 Å². The first-order valence-corrected chi connectivity index (χ1v) is 6.09. The molecule has 0 atom stereocenters. The maximum Gasteiger partial charge on any atom is 0.219 e. The van der Waals surface area contributed by atoms with Crippen LogP contribution in [-0.4, -0.2) is 16.4 Å². The number of anilines is 2. The predicted octanol–water partition coefficient (Wildman–Crippen LogP) is 1.88. The smallest absolute Gasteiger partial charge is 0.219 e. The summed E-state index contributed by atoms with van der Waals surface area (Å²) in [5.41, 5.74) is 13.0. The van der Waals surface area contributed by atoms with Crippen LogP contribution in [0.1, 0.15) is 20.3 Å². The number of pyridine rings is 1. The van der Waals surface area contributed by atoms with Crippen molar-refractivity contribution in [3.8, 4) is 0 Å². The molecule has 1 aromatic heterocycles. The van der Waals surface area contributed by atoms with Gasteiger partial charge in [0.05, 0.1) is 11.2 Å². The fourth-order valence-electron chi connectivity index (χ4n) is 2.15. The summed E-state index contributed by atoms with van der Waals surface area (Å²) in [5.74, 6) is -0.338. The number of nitrogens with zero attached hydrogens (tertiary/aromatic N) is 1.